The van der Waals surface area contributed by atoms with Crippen LogP contribution in [0.1, 0.15) is 18.4 Å². The normalized spacial score (nSPS) is 10.5. The molecule has 1 atom stereocenters. The third-order valence-electron chi connectivity index (χ3n) is 1.74. The van der Waals surface area contributed by atoms with Gasteiger partial charge in [-0.1, -0.05) is 24.6 Å². The lowest BCUT2D eigenvalue weighted by Crippen LogP contribution is -1.93. The molecule has 0 spiro atoms. The van der Waals surface area contributed by atoms with E-state index in [1.165, 1.54) is 12.1 Å². The molecule has 3 nitrogen and oxygen atoms in total. The van der Waals surface area contributed by atoms with E-state index in [0.29, 0.717) is 0 Å². The second-order valence-corrected chi connectivity index (χ2v) is 3.28. The molecule has 0 aromatic heterocycles. The van der Waals surface area contributed by atoms with Crippen LogP contribution in [0, 0.1) is 17.0 Å². The molecular formula is C9H9ClNO2. The van der Waals surface area contributed by atoms with Gasteiger partial charge in [-0.2, -0.15) is 0 Å². The predicted octanol–water partition coefficient (Wildman–Crippen LogP) is 3.19. The first kappa shape index (κ1) is 9.99. The zero-order valence-corrected chi connectivity index (χ0v) is 7.91. The van der Waals surface area contributed by atoms with Gasteiger partial charge in [0.25, 0.3) is 5.69 Å². The summed E-state index contributed by atoms with van der Waals surface area (Å²) in [7, 11) is 0. The third kappa shape index (κ3) is 2.18. The summed E-state index contributed by atoms with van der Waals surface area (Å²) in [6.45, 7) is 5.64. The topological polar surface area (TPSA) is 43.1 Å². The molecule has 0 amide bonds. The fourth-order valence-electron chi connectivity index (χ4n) is 0.976. The molecule has 4 heteroatoms. The number of rotatable bonds is 2. The van der Waals surface area contributed by atoms with Gasteiger partial charge in [-0.05, 0) is 24.5 Å². The molecule has 1 radical (unpaired) electrons. The number of nitro benzene ring substituents is 1. The summed E-state index contributed by atoms with van der Waals surface area (Å²) in [5.41, 5.74) is 0.755. The van der Waals surface area contributed by atoms with E-state index in [1.807, 2.05) is 6.92 Å². The maximum absolute atomic E-state index is 10.5. The number of halogens is 1. The highest BCUT2D eigenvalue weighted by molar-refractivity contribution is 6.32. The van der Waals surface area contributed by atoms with Crippen molar-refractivity contribution in [3.8, 4) is 0 Å². The number of hydrogen-bond donors (Lipinski definition) is 0. The average molecular weight is 199 g/mol. The summed E-state index contributed by atoms with van der Waals surface area (Å²) >= 11 is 5.63. The first-order chi connectivity index (χ1) is 6.02. The number of hydrogen-bond acceptors (Lipinski definition) is 2. The molecule has 0 fully saturated rings. The van der Waals surface area contributed by atoms with Crippen molar-refractivity contribution in [1.82, 2.24) is 0 Å². The van der Waals surface area contributed by atoms with E-state index in [2.05, 4.69) is 6.92 Å². The second kappa shape index (κ2) is 3.75. The van der Waals surface area contributed by atoms with Crippen LogP contribution >= 0.6 is 11.6 Å². The summed E-state index contributed by atoms with van der Waals surface area (Å²) in [6, 6.07) is 4.73. The van der Waals surface area contributed by atoms with Crippen LogP contribution in [0.5, 0.6) is 0 Å². The summed E-state index contributed by atoms with van der Waals surface area (Å²) in [4.78, 5) is 10.0. The van der Waals surface area contributed by atoms with Crippen LogP contribution in [-0.2, 0) is 0 Å². The van der Waals surface area contributed by atoms with Crippen molar-refractivity contribution >= 4 is 17.3 Å². The van der Waals surface area contributed by atoms with Crippen LogP contribution in [0.2, 0.25) is 5.02 Å². The first-order valence-electron chi connectivity index (χ1n) is 3.79. The van der Waals surface area contributed by atoms with Gasteiger partial charge in [0.2, 0.25) is 0 Å². The van der Waals surface area contributed by atoms with Gasteiger partial charge in [-0.25, -0.2) is 0 Å². The van der Waals surface area contributed by atoms with Crippen LogP contribution in [0.25, 0.3) is 0 Å². The molecule has 0 aliphatic heterocycles. The van der Waals surface area contributed by atoms with E-state index in [4.69, 9.17) is 11.6 Å². The summed E-state index contributed by atoms with van der Waals surface area (Å²) in [5.74, 6) is 0.0240. The van der Waals surface area contributed by atoms with E-state index in [-0.39, 0.29) is 16.6 Å². The van der Waals surface area contributed by atoms with Gasteiger partial charge in [0.1, 0.15) is 5.02 Å². The largest absolute Gasteiger partial charge is 0.288 e. The Hall–Kier alpha value is -1.09. The standard InChI is InChI=1S/C9H9ClNO2/c1-6(2)7-3-4-8(10)9(5-7)11(12)13/h3-6H,1H2,2H3. The Bertz CT molecular complexity index is 336. The van der Waals surface area contributed by atoms with Crippen molar-refractivity contribution in [2.24, 2.45) is 0 Å². The molecule has 0 heterocycles. The molecule has 1 aromatic rings. The van der Waals surface area contributed by atoms with Gasteiger partial charge in [0, 0.05) is 6.07 Å². The monoisotopic (exact) mass is 198 g/mol. The zero-order chi connectivity index (χ0) is 10.0. The van der Waals surface area contributed by atoms with Crippen LogP contribution < -0.4 is 0 Å². The minimum absolute atomic E-state index is 0.0240. The summed E-state index contributed by atoms with van der Waals surface area (Å²) in [5, 5.41) is 10.7. The quantitative estimate of drug-likeness (QED) is 0.541. The zero-order valence-electron chi connectivity index (χ0n) is 7.16. The van der Waals surface area contributed by atoms with Gasteiger partial charge < -0.3 is 0 Å². The number of nitro groups is 1. The average Bonchev–Trinajstić information content (AvgIpc) is 2.04. The minimum atomic E-state index is -0.492. The lowest BCUT2D eigenvalue weighted by atomic mass is 10.0. The van der Waals surface area contributed by atoms with Gasteiger partial charge >= 0.3 is 0 Å². The van der Waals surface area contributed by atoms with Crippen LogP contribution in [0.15, 0.2) is 18.2 Å². The minimum Gasteiger partial charge on any atom is -0.258 e. The Morgan fingerprint density at radius 2 is 2.23 bits per heavy atom. The summed E-state index contributed by atoms with van der Waals surface area (Å²) < 4.78 is 0. The predicted molar refractivity (Wildman–Crippen MR) is 51.9 cm³/mol. The van der Waals surface area contributed by atoms with E-state index in [0.717, 1.165) is 5.56 Å². The highest BCUT2D eigenvalue weighted by atomic mass is 35.5. The van der Waals surface area contributed by atoms with Crippen molar-refractivity contribution in [2.45, 2.75) is 12.8 Å². The van der Waals surface area contributed by atoms with Gasteiger partial charge in [0.15, 0.2) is 0 Å². The molecular weight excluding hydrogens is 190 g/mol. The molecule has 13 heavy (non-hydrogen) atoms. The smallest absolute Gasteiger partial charge is 0.258 e. The van der Waals surface area contributed by atoms with E-state index in [9.17, 15) is 10.1 Å². The first-order valence-corrected chi connectivity index (χ1v) is 4.17. The van der Waals surface area contributed by atoms with Crippen molar-refractivity contribution < 1.29 is 4.92 Å². The van der Waals surface area contributed by atoms with E-state index >= 15 is 0 Å². The fraction of sp³-hybridized carbons (Fsp3) is 0.222. The van der Waals surface area contributed by atoms with E-state index in [1.54, 1.807) is 6.07 Å². The summed E-state index contributed by atoms with van der Waals surface area (Å²) in [6.07, 6.45) is 0. The van der Waals surface area contributed by atoms with Crippen LogP contribution in [0.4, 0.5) is 5.69 Å². The Labute approximate surface area is 81.5 Å². The molecule has 69 valence electrons. The lowest BCUT2D eigenvalue weighted by Gasteiger charge is -2.04. The van der Waals surface area contributed by atoms with Crippen LogP contribution in [-0.4, -0.2) is 4.92 Å². The molecule has 0 saturated heterocycles. The van der Waals surface area contributed by atoms with Crippen molar-refractivity contribution in [2.75, 3.05) is 0 Å². The van der Waals surface area contributed by atoms with E-state index < -0.39 is 4.92 Å². The molecule has 0 N–H and O–H groups in total. The van der Waals surface area contributed by atoms with Gasteiger partial charge in [-0.15, -0.1) is 0 Å². The maximum Gasteiger partial charge on any atom is 0.288 e. The Morgan fingerprint density at radius 1 is 1.62 bits per heavy atom. The molecule has 1 unspecified atom stereocenters. The Balaban J connectivity index is 3.19. The SMILES string of the molecule is [CH2]C(C)c1ccc(Cl)c([N+](=O)[O-])c1. The fourth-order valence-corrected chi connectivity index (χ4v) is 1.16. The number of nitrogens with zero attached hydrogens (tertiary/aromatic N) is 1. The highest BCUT2D eigenvalue weighted by Gasteiger charge is 2.13. The van der Waals surface area contributed by atoms with Crippen molar-refractivity contribution in [1.29, 1.82) is 0 Å². The van der Waals surface area contributed by atoms with Crippen molar-refractivity contribution in [3.05, 3.63) is 45.8 Å². The third-order valence-corrected chi connectivity index (χ3v) is 2.06. The highest BCUT2D eigenvalue weighted by Crippen LogP contribution is 2.27. The lowest BCUT2D eigenvalue weighted by molar-refractivity contribution is -0.384. The van der Waals surface area contributed by atoms with Crippen molar-refractivity contribution in [3.63, 3.8) is 0 Å². The van der Waals surface area contributed by atoms with Crippen LogP contribution in [0.3, 0.4) is 0 Å². The molecule has 0 bridgehead atoms. The molecule has 0 aliphatic carbocycles. The Morgan fingerprint density at radius 3 is 2.69 bits per heavy atom. The molecule has 0 aliphatic rings. The molecule has 1 aromatic carbocycles. The Kier molecular flexibility index (Phi) is 2.88. The van der Waals surface area contributed by atoms with Gasteiger partial charge in [-0.3, -0.25) is 10.1 Å². The van der Waals surface area contributed by atoms with Gasteiger partial charge in [0.05, 0.1) is 4.92 Å². The number of benzene rings is 1. The maximum atomic E-state index is 10.5. The molecule has 1 rings (SSSR count). The second-order valence-electron chi connectivity index (χ2n) is 2.87. The molecule has 0 saturated carbocycles.